The van der Waals surface area contributed by atoms with Crippen LogP contribution >= 0.6 is 23.5 Å². The molecule has 2 fully saturated rings. The van der Waals surface area contributed by atoms with Crippen LogP contribution in [-0.2, 0) is 23.8 Å². The van der Waals surface area contributed by atoms with Crippen LogP contribution in [0.5, 0.6) is 0 Å². The van der Waals surface area contributed by atoms with Gasteiger partial charge in [0.25, 0.3) is 5.69 Å². The number of hydrogen-bond acceptors (Lipinski definition) is 9. The summed E-state index contributed by atoms with van der Waals surface area (Å²) < 4.78 is 16.8. The first-order valence-corrected chi connectivity index (χ1v) is 9.80. The summed E-state index contributed by atoms with van der Waals surface area (Å²) >= 11 is 2.93. The Morgan fingerprint density at radius 3 is 2.46 bits per heavy atom. The van der Waals surface area contributed by atoms with Crippen LogP contribution in [-0.4, -0.2) is 51.6 Å². The van der Waals surface area contributed by atoms with Crippen molar-refractivity contribution in [3.05, 3.63) is 34.4 Å². The van der Waals surface area contributed by atoms with Crippen molar-refractivity contribution in [2.24, 2.45) is 0 Å². The molecule has 0 aromatic heterocycles. The number of hydrogen-bond donors (Lipinski definition) is 0. The van der Waals surface area contributed by atoms with Crippen molar-refractivity contribution >= 4 is 41.1 Å². The van der Waals surface area contributed by atoms with Gasteiger partial charge in [-0.2, -0.15) is 0 Å². The molecule has 26 heavy (non-hydrogen) atoms. The maximum Gasteiger partial charge on any atom is 0.303 e. The van der Waals surface area contributed by atoms with Crippen molar-refractivity contribution in [2.45, 2.75) is 47.7 Å². The molecule has 10 heteroatoms. The fourth-order valence-corrected chi connectivity index (χ4v) is 5.67. The number of nitrogens with zero attached hydrogens (tertiary/aromatic N) is 1. The molecule has 0 saturated carbocycles. The topological polar surface area (TPSA) is 105 Å². The summed E-state index contributed by atoms with van der Waals surface area (Å²) in [4.78, 5) is 33.9. The van der Waals surface area contributed by atoms with E-state index in [9.17, 15) is 19.7 Å². The molecule has 0 spiro atoms. The highest BCUT2D eigenvalue weighted by molar-refractivity contribution is 8.03. The summed E-state index contributed by atoms with van der Waals surface area (Å²) in [5.74, 6) is -0.270. The Hall–Kier alpha value is -1.78. The Labute approximate surface area is 158 Å². The van der Waals surface area contributed by atoms with Crippen LogP contribution in [0.15, 0.2) is 29.2 Å². The third-order valence-corrected chi connectivity index (χ3v) is 6.72. The molecule has 1 aromatic carbocycles. The molecule has 2 aliphatic rings. The molecule has 140 valence electrons. The Kier molecular flexibility index (Phi) is 5.73. The fourth-order valence-electron chi connectivity index (χ4n) is 2.94. The van der Waals surface area contributed by atoms with Crippen LogP contribution in [0.25, 0.3) is 0 Å². The molecule has 5 atom stereocenters. The fraction of sp³-hybridized carbons (Fsp3) is 0.500. The van der Waals surface area contributed by atoms with Gasteiger partial charge in [-0.15, -0.1) is 11.8 Å². The number of nitro benzene ring substituents is 1. The predicted octanol–water partition coefficient (Wildman–Crippen LogP) is 2.39. The quantitative estimate of drug-likeness (QED) is 0.419. The summed E-state index contributed by atoms with van der Waals surface area (Å²) in [6.45, 7) is 2.66. The van der Waals surface area contributed by atoms with Gasteiger partial charge in [0.1, 0.15) is 23.7 Å². The molecule has 2 aliphatic heterocycles. The lowest BCUT2D eigenvalue weighted by molar-refractivity contribution is -0.384. The average molecular weight is 399 g/mol. The van der Waals surface area contributed by atoms with E-state index in [1.807, 2.05) is 0 Å². The van der Waals surface area contributed by atoms with Gasteiger partial charge in [0.15, 0.2) is 0 Å². The molecule has 0 N–H and O–H groups in total. The van der Waals surface area contributed by atoms with Crippen LogP contribution in [0, 0.1) is 10.1 Å². The largest absolute Gasteiger partial charge is 0.459 e. The second-order valence-electron chi connectivity index (χ2n) is 5.86. The van der Waals surface area contributed by atoms with Gasteiger partial charge < -0.3 is 14.2 Å². The molecule has 0 unspecified atom stereocenters. The number of rotatable bonds is 5. The molecular weight excluding hydrogens is 382 g/mol. The van der Waals surface area contributed by atoms with E-state index in [1.165, 1.54) is 49.5 Å². The summed E-state index contributed by atoms with van der Waals surface area (Å²) in [5.41, 5.74) is -0.307. The number of nitro groups is 1. The lowest BCUT2D eigenvalue weighted by atomic mass is 10.1. The van der Waals surface area contributed by atoms with Crippen molar-refractivity contribution in [3.8, 4) is 0 Å². The van der Waals surface area contributed by atoms with E-state index in [4.69, 9.17) is 14.2 Å². The van der Waals surface area contributed by atoms with Crippen molar-refractivity contribution in [2.75, 3.05) is 5.75 Å². The first-order valence-electron chi connectivity index (χ1n) is 7.88. The van der Waals surface area contributed by atoms with E-state index < -0.39 is 35.2 Å². The maximum absolute atomic E-state index is 11.5. The summed E-state index contributed by atoms with van der Waals surface area (Å²) in [7, 11) is 0. The molecule has 2 heterocycles. The highest BCUT2D eigenvalue weighted by Crippen LogP contribution is 2.46. The second-order valence-corrected chi connectivity index (χ2v) is 8.24. The van der Waals surface area contributed by atoms with E-state index in [-0.39, 0.29) is 16.4 Å². The van der Waals surface area contributed by atoms with Gasteiger partial charge in [-0.3, -0.25) is 19.7 Å². The van der Waals surface area contributed by atoms with Gasteiger partial charge in [-0.1, -0.05) is 11.8 Å². The van der Waals surface area contributed by atoms with Gasteiger partial charge in [-0.25, -0.2) is 0 Å². The molecule has 2 saturated heterocycles. The van der Waals surface area contributed by atoms with Gasteiger partial charge in [-0.05, 0) is 12.1 Å². The van der Waals surface area contributed by atoms with Gasteiger partial charge in [0, 0.05) is 36.6 Å². The molecule has 8 nitrogen and oxygen atoms in total. The average Bonchev–Trinajstić information content (AvgIpc) is 2.77. The van der Waals surface area contributed by atoms with E-state index in [1.54, 1.807) is 12.1 Å². The van der Waals surface area contributed by atoms with Gasteiger partial charge in [0.2, 0.25) is 0 Å². The Bertz CT molecular complexity index is 711. The normalized spacial score (nSPS) is 29.8. The molecule has 2 bridgehead atoms. The highest BCUT2D eigenvalue weighted by atomic mass is 32.2. The number of ether oxygens (including phenoxy) is 3. The number of esters is 2. The van der Waals surface area contributed by atoms with E-state index >= 15 is 0 Å². The zero-order valence-corrected chi connectivity index (χ0v) is 15.7. The molecule has 0 radical (unpaired) electrons. The molecule has 0 amide bonds. The molecule has 1 aromatic rings. The third-order valence-electron chi connectivity index (χ3n) is 3.95. The van der Waals surface area contributed by atoms with Crippen molar-refractivity contribution < 1.29 is 28.7 Å². The van der Waals surface area contributed by atoms with Crippen LogP contribution in [0.3, 0.4) is 0 Å². The number of fused-ring (bicyclic) bond motifs is 2. The standard InChI is InChI=1S/C16H17NO7S2/c1-8(18)22-12-7-25-15-14(23-9(2)19)13(12)24-16(15)26-11-5-3-10(4-6-11)17(20)21/h3-6,12-16H,7H2,1-2H3/t12-,13-,14-,15+,16+/m1/s1. The van der Waals surface area contributed by atoms with Crippen molar-refractivity contribution in [1.82, 2.24) is 0 Å². The smallest absolute Gasteiger partial charge is 0.303 e. The lowest BCUT2D eigenvalue weighted by Crippen LogP contribution is -2.47. The molecular formula is C16H17NO7S2. The van der Waals surface area contributed by atoms with Crippen molar-refractivity contribution in [1.29, 1.82) is 0 Å². The number of carbonyl (C=O) groups excluding carboxylic acids is 2. The SMILES string of the molecule is CC(=O)O[C@@H]1[C@@H]2O[C@@H](Sc3ccc([N+](=O)[O-])cc3)[C@H]1SC[C@H]2OC(C)=O. The number of non-ortho nitro benzene ring substituents is 1. The second kappa shape index (κ2) is 7.85. The summed E-state index contributed by atoms with van der Waals surface area (Å²) in [6, 6.07) is 6.18. The number of benzene rings is 1. The maximum atomic E-state index is 11.5. The minimum absolute atomic E-state index is 0.0162. The summed E-state index contributed by atoms with van der Waals surface area (Å²) in [6.07, 6.45) is -1.52. The first-order chi connectivity index (χ1) is 12.3. The summed E-state index contributed by atoms with van der Waals surface area (Å²) in [5, 5.41) is 10.6. The van der Waals surface area contributed by atoms with Crippen LogP contribution in [0.4, 0.5) is 5.69 Å². The predicted molar refractivity (Wildman–Crippen MR) is 95.0 cm³/mol. The molecule has 0 aliphatic carbocycles. The monoisotopic (exact) mass is 399 g/mol. The lowest BCUT2D eigenvalue weighted by Gasteiger charge is -2.32. The van der Waals surface area contributed by atoms with Crippen LogP contribution in [0.2, 0.25) is 0 Å². The molecule has 3 rings (SSSR count). The van der Waals surface area contributed by atoms with E-state index in [0.29, 0.717) is 5.75 Å². The Morgan fingerprint density at radius 1 is 1.23 bits per heavy atom. The van der Waals surface area contributed by atoms with E-state index in [0.717, 1.165) is 4.90 Å². The van der Waals surface area contributed by atoms with Gasteiger partial charge in [0.05, 0.1) is 10.2 Å². The van der Waals surface area contributed by atoms with Crippen molar-refractivity contribution in [3.63, 3.8) is 0 Å². The van der Waals surface area contributed by atoms with Crippen LogP contribution in [0.1, 0.15) is 13.8 Å². The number of carbonyl (C=O) groups is 2. The Morgan fingerprint density at radius 2 is 1.88 bits per heavy atom. The first kappa shape index (κ1) is 19.0. The third kappa shape index (κ3) is 4.13. The zero-order chi connectivity index (χ0) is 18.8. The Balaban J connectivity index is 1.75. The minimum atomic E-state index is -0.524. The van der Waals surface area contributed by atoms with E-state index in [2.05, 4.69) is 0 Å². The minimum Gasteiger partial charge on any atom is -0.459 e. The zero-order valence-electron chi connectivity index (χ0n) is 14.0. The van der Waals surface area contributed by atoms with Gasteiger partial charge >= 0.3 is 11.9 Å². The highest BCUT2D eigenvalue weighted by Gasteiger charge is 2.55. The number of thioether (sulfide) groups is 2. The van der Waals surface area contributed by atoms with Crippen LogP contribution < -0.4 is 0 Å².